The number of amides is 1. The minimum absolute atomic E-state index is 0.201. The Bertz CT molecular complexity index is 587. The monoisotopic (exact) mass is 288 g/mol. The molecular formula is C9H8N2O3S3. The molecule has 5 nitrogen and oxygen atoms in total. The highest BCUT2D eigenvalue weighted by atomic mass is 32.2. The molecular weight excluding hydrogens is 280 g/mol. The topological polar surface area (TPSA) is 76.1 Å². The van der Waals surface area contributed by atoms with Gasteiger partial charge < -0.3 is 5.32 Å². The fourth-order valence-corrected chi connectivity index (χ4v) is 3.89. The first-order chi connectivity index (χ1) is 8.08. The lowest BCUT2D eigenvalue weighted by Gasteiger charge is -2.01. The second kappa shape index (κ2) is 4.94. The van der Waals surface area contributed by atoms with Crippen LogP contribution in [0.25, 0.3) is 0 Å². The molecule has 2 aromatic heterocycles. The van der Waals surface area contributed by atoms with Gasteiger partial charge in [0.1, 0.15) is 9.96 Å². The molecule has 90 valence electrons. The number of rotatable bonds is 4. The highest BCUT2D eigenvalue weighted by Gasteiger charge is 2.20. The molecule has 2 heterocycles. The van der Waals surface area contributed by atoms with E-state index in [9.17, 15) is 13.2 Å². The summed E-state index contributed by atoms with van der Waals surface area (Å²) < 4.78 is 23.7. The van der Waals surface area contributed by atoms with Crippen LogP contribution in [0, 0.1) is 0 Å². The lowest BCUT2D eigenvalue weighted by atomic mass is 10.7. The Balaban J connectivity index is 2.04. The number of carbonyl (C=O) groups is 1. The minimum Gasteiger partial charge on any atom is -0.301 e. The summed E-state index contributed by atoms with van der Waals surface area (Å²) in [7, 11) is -3.54. The predicted molar refractivity (Wildman–Crippen MR) is 67.1 cm³/mol. The van der Waals surface area contributed by atoms with Crippen LogP contribution in [-0.2, 0) is 14.6 Å². The minimum atomic E-state index is -3.54. The second-order valence-electron chi connectivity index (χ2n) is 3.08. The van der Waals surface area contributed by atoms with Gasteiger partial charge in [0.2, 0.25) is 5.91 Å². The third-order valence-electron chi connectivity index (χ3n) is 1.80. The predicted octanol–water partition coefficient (Wildman–Crippen LogP) is 1.62. The maximum absolute atomic E-state index is 11.8. The van der Waals surface area contributed by atoms with E-state index in [0.717, 1.165) is 11.3 Å². The average molecular weight is 288 g/mol. The van der Waals surface area contributed by atoms with E-state index >= 15 is 0 Å². The molecule has 0 saturated carbocycles. The number of nitrogens with zero attached hydrogens (tertiary/aromatic N) is 1. The molecule has 8 heteroatoms. The van der Waals surface area contributed by atoms with Crippen LogP contribution >= 0.6 is 22.7 Å². The first-order valence-electron chi connectivity index (χ1n) is 4.53. The molecule has 0 saturated heterocycles. The van der Waals surface area contributed by atoms with Gasteiger partial charge in [-0.05, 0) is 11.4 Å². The van der Waals surface area contributed by atoms with Crippen molar-refractivity contribution < 1.29 is 13.2 Å². The standard InChI is InChI=1S/C9H8N2O3S3/c12-7(11-9-10-3-5-16-9)6-17(13,14)8-2-1-4-15-8/h1-5H,6H2,(H,10,11,12). The van der Waals surface area contributed by atoms with Crippen LogP contribution in [0.5, 0.6) is 0 Å². The molecule has 0 aliphatic carbocycles. The molecule has 0 fully saturated rings. The van der Waals surface area contributed by atoms with Crippen LogP contribution in [0.15, 0.2) is 33.3 Å². The lowest BCUT2D eigenvalue weighted by molar-refractivity contribution is -0.113. The van der Waals surface area contributed by atoms with Gasteiger partial charge in [0, 0.05) is 11.6 Å². The normalized spacial score (nSPS) is 11.3. The summed E-state index contributed by atoms with van der Waals surface area (Å²) in [5.74, 6) is -1.14. The zero-order valence-corrected chi connectivity index (χ0v) is 10.9. The summed E-state index contributed by atoms with van der Waals surface area (Å²) in [6.07, 6.45) is 1.54. The van der Waals surface area contributed by atoms with E-state index in [2.05, 4.69) is 10.3 Å². The molecule has 0 aliphatic heterocycles. The summed E-state index contributed by atoms with van der Waals surface area (Å²) in [6.45, 7) is 0. The SMILES string of the molecule is O=C(CS(=O)(=O)c1cccs1)Nc1nccs1. The van der Waals surface area contributed by atoms with Crippen LogP contribution in [0.2, 0.25) is 0 Å². The van der Waals surface area contributed by atoms with Crippen LogP contribution in [0.1, 0.15) is 0 Å². The quantitative estimate of drug-likeness (QED) is 0.927. The van der Waals surface area contributed by atoms with Crippen molar-refractivity contribution in [2.75, 3.05) is 11.1 Å². The number of nitrogens with one attached hydrogen (secondary N) is 1. The molecule has 0 unspecified atom stereocenters. The number of sulfone groups is 1. The van der Waals surface area contributed by atoms with Crippen LogP contribution in [-0.4, -0.2) is 25.1 Å². The van der Waals surface area contributed by atoms with Gasteiger partial charge in [-0.25, -0.2) is 13.4 Å². The summed E-state index contributed by atoms with van der Waals surface area (Å²) in [6, 6.07) is 3.12. The number of anilines is 1. The Labute approximate surface area is 106 Å². The van der Waals surface area contributed by atoms with E-state index in [1.54, 1.807) is 16.8 Å². The Hall–Kier alpha value is -1.25. The molecule has 17 heavy (non-hydrogen) atoms. The molecule has 0 radical (unpaired) electrons. The smallest absolute Gasteiger partial charge is 0.241 e. The second-order valence-corrected chi connectivity index (χ2v) is 7.14. The molecule has 0 aliphatic rings. The van der Waals surface area contributed by atoms with Gasteiger partial charge in [0.25, 0.3) is 0 Å². The van der Waals surface area contributed by atoms with E-state index in [1.807, 2.05) is 0 Å². The number of hydrogen-bond donors (Lipinski definition) is 1. The molecule has 2 aromatic rings. The van der Waals surface area contributed by atoms with Crippen molar-refractivity contribution in [3.05, 3.63) is 29.1 Å². The van der Waals surface area contributed by atoms with Crippen LogP contribution in [0.4, 0.5) is 5.13 Å². The van der Waals surface area contributed by atoms with E-state index in [1.165, 1.54) is 23.6 Å². The number of hydrogen-bond acceptors (Lipinski definition) is 6. The highest BCUT2D eigenvalue weighted by Crippen LogP contribution is 2.18. The number of thiophene rings is 1. The van der Waals surface area contributed by atoms with Crippen molar-refractivity contribution in [1.29, 1.82) is 0 Å². The van der Waals surface area contributed by atoms with Crippen molar-refractivity contribution >= 4 is 43.5 Å². The maximum atomic E-state index is 11.8. The van der Waals surface area contributed by atoms with E-state index in [-0.39, 0.29) is 4.21 Å². The fourth-order valence-electron chi connectivity index (χ4n) is 1.12. The van der Waals surface area contributed by atoms with Crippen molar-refractivity contribution in [2.45, 2.75) is 4.21 Å². The average Bonchev–Trinajstić information content (AvgIpc) is 2.87. The Morgan fingerprint density at radius 3 is 2.76 bits per heavy atom. The number of aromatic nitrogens is 1. The molecule has 0 aromatic carbocycles. The van der Waals surface area contributed by atoms with Crippen molar-refractivity contribution in [3.8, 4) is 0 Å². The summed E-state index contributed by atoms with van der Waals surface area (Å²) >= 11 is 2.34. The number of carbonyl (C=O) groups excluding carboxylic acids is 1. The zero-order chi connectivity index (χ0) is 12.3. The largest absolute Gasteiger partial charge is 0.301 e. The van der Waals surface area contributed by atoms with E-state index in [4.69, 9.17) is 0 Å². The van der Waals surface area contributed by atoms with Crippen molar-refractivity contribution in [2.24, 2.45) is 0 Å². The molecule has 2 rings (SSSR count). The summed E-state index contributed by atoms with van der Waals surface area (Å²) in [4.78, 5) is 15.3. The maximum Gasteiger partial charge on any atom is 0.241 e. The van der Waals surface area contributed by atoms with Gasteiger partial charge in [-0.1, -0.05) is 6.07 Å². The first kappa shape index (κ1) is 12.2. The van der Waals surface area contributed by atoms with Gasteiger partial charge in [0.15, 0.2) is 15.0 Å². The highest BCUT2D eigenvalue weighted by molar-refractivity contribution is 7.94. The zero-order valence-electron chi connectivity index (χ0n) is 8.49. The fraction of sp³-hybridized carbons (Fsp3) is 0.111. The molecule has 0 atom stereocenters. The lowest BCUT2D eigenvalue weighted by Crippen LogP contribution is -2.22. The van der Waals surface area contributed by atoms with E-state index in [0.29, 0.717) is 5.13 Å². The van der Waals surface area contributed by atoms with Crippen LogP contribution < -0.4 is 5.32 Å². The third-order valence-corrected chi connectivity index (χ3v) is 5.59. The third kappa shape index (κ3) is 3.11. The first-order valence-corrected chi connectivity index (χ1v) is 7.95. The Morgan fingerprint density at radius 2 is 2.18 bits per heavy atom. The van der Waals surface area contributed by atoms with Gasteiger partial charge in [-0.15, -0.1) is 22.7 Å². The van der Waals surface area contributed by atoms with Crippen LogP contribution in [0.3, 0.4) is 0 Å². The van der Waals surface area contributed by atoms with Gasteiger partial charge in [-0.3, -0.25) is 4.79 Å². The van der Waals surface area contributed by atoms with Crippen molar-refractivity contribution in [3.63, 3.8) is 0 Å². The summed E-state index contributed by atoms with van der Waals surface area (Å²) in [5, 5.41) is 6.19. The molecule has 0 bridgehead atoms. The molecule has 1 N–H and O–H groups in total. The Kier molecular flexibility index (Phi) is 3.55. The summed E-state index contributed by atoms with van der Waals surface area (Å²) in [5.41, 5.74) is 0. The molecule has 1 amide bonds. The van der Waals surface area contributed by atoms with Gasteiger partial charge in [-0.2, -0.15) is 0 Å². The van der Waals surface area contributed by atoms with E-state index < -0.39 is 21.5 Å². The van der Waals surface area contributed by atoms with Crippen molar-refractivity contribution in [1.82, 2.24) is 4.98 Å². The van der Waals surface area contributed by atoms with Gasteiger partial charge >= 0.3 is 0 Å². The Morgan fingerprint density at radius 1 is 1.35 bits per heavy atom. The number of thiazole rings is 1. The van der Waals surface area contributed by atoms with Gasteiger partial charge in [0.05, 0.1) is 0 Å². The molecule has 0 spiro atoms.